The second-order valence-electron chi connectivity index (χ2n) is 11.8. The van der Waals surface area contributed by atoms with E-state index in [-0.39, 0.29) is 44.5 Å². The van der Waals surface area contributed by atoms with Crippen molar-refractivity contribution >= 4 is 67.7 Å². The average molecular weight is 717 g/mol. The third-order valence-electron chi connectivity index (χ3n) is 8.66. The lowest BCUT2D eigenvalue weighted by Gasteiger charge is -2.44. The highest BCUT2D eigenvalue weighted by atomic mass is 35.5. The summed E-state index contributed by atoms with van der Waals surface area (Å²) in [7, 11) is 0. The molecule has 0 spiro atoms. The zero-order valence-corrected chi connectivity index (χ0v) is 28.5. The Hall–Kier alpha value is -4.80. The average Bonchev–Trinajstić information content (AvgIpc) is 3.80. The number of para-hydroxylation sites is 1. The molecule has 11 nitrogen and oxygen atoms in total. The monoisotopic (exact) mass is 715 g/mol. The Kier molecular flexibility index (Phi) is 9.09. The predicted octanol–water partition coefficient (Wildman–Crippen LogP) is 4.67. The number of fused-ring (bicyclic) bond motifs is 3. The third kappa shape index (κ3) is 6.50. The lowest BCUT2D eigenvalue weighted by Crippen LogP contribution is -2.65. The Balaban J connectivity index is 1.21. The highest BCUT2D eigenvalue weighted by Gasteiger charge is 2.52. The van der Waals surface area contributed by atoms with Crippen molar-refractivity contribution in [1.29, 1.82) is 0 Å². The van der Waals surface area contributed by atoms with Crippen LogP contribution in [0, 0.1) is 11.8 Å². The highest BCUT2D eigenvalue weighted by Crippen LogP contribution is 2.32. The van der Waals surface area contributed by atoms with Gasteiger partial charge in [0.15, 0.2) is 11.2 Å². The predicted molar refractivity (Wildman–Crippen MR) is 189 cm³/mol. The van der Waals surface area contributed by atoms with E-state index in [9.17, 15) is 14.4 Å². The number of hydrogen-bond acceptors (Lipinski definition) is 8. The van der Waals surface area contributed by atoms with Crippen LogP contribution in [0.5, 0.6) is 5.75 Å². The van der Waals surface area contributed by atoms with Crippen molar-refractivity contribution in [2.24, 2.45) is 0 Å². The molecule has 3 aliphatic rings. The Labute approximate surface area is 296 Å². The molecule has 3 aromatic carbocycles. The van der Waals surface area contributed by atoms with E-state index in [2.05, 4.69) is 28.7 Å². The number of hydrazine groups is 1. The number of nitrogens with zero attached hydrogens (tertiary/aromatic N) is 5. The number of rotatable bonds is 7. The minimum absolute atomic E-state index is 0.115. The molecule has 14 heteroatoms. The zero-order valence-electron chi connectivity index (χ0n) is 26.2. The van der Waals surface area contributed by atoms with Crippen LogP contribution in [-0.2, 0) is 29.1 Å². The molecule has 250 valence electrons. The van der Waals surface area contributed by atoms with E-state index in [0.717, 1.165) is 39.1 Å². The maximum atomic E-state index is 14.2. The number of carbonyl (C=O) groups is 3. The molecule has 7 rings (SSSR count). The molecule has 0 aliphatic carbocycles. The molecule has 4 aromatic rings. The first-order chi connectivity index (χ1) is 23.7. The summed E-state index contributed by atoms with van der Waals surface area (Å²) in [5, 5.41) is 7.24. The summed E-state index contributed by atoms with van der Waals surface area (Å²) in [5.74, 6) is 6.45. The van der Waals surface area contributed by atoms with Gasteiger partial charge in [-0.25, -0.2) is 9.78 Å². The molecular formula is C35H31Cl2N7O4S. The smallest absolute Gasteiger partial charge is 0.332 e. The fourth-order valence-electron chi connectivity index (χ4n) is 6.35. The first-order valence-electron chi connectivity index (χ1n) is 15.6. The number of amides is 4. The highest BCUT2D eigenvalue weighted by molar-refractivity contribution is 7.22. The minimum atomic E-state index is -1.09. The molecule has 4 heterocycles. The van der Waals surface area contributed by atoms with Crippen LogP contribution in [0.1, 0.15) is 22.3 Å². The lowest BCUT2D eigenvalue weighted by molar-refractivity contribution is -0.153. The number of nitrogen functional groups attached to an aromatic ring is 1. The molecule has 0 unspecified atom stereocenters. The summed E-state index contributed by atoms with van der Waals surface area (Å²) >= 11 is 13.6. The maximum absolute atomic E-state index is 14.2. The van der Waals surface area contributed by atoms with Crippen LogP contribution < -0.4 is 15.8 Å². The number of halogens is 2. The fourth-order valence-corrected chi connectivity index (χ4v) is 7.45. The maximum Gasteiger partial charge on any atom is 0.332 e. The normalized spacial score (nSPS) is 18.5. The van der Waals surface area contributed by atoms with Gasteiger partial charge in [0.05, 0.1) is 46.5 Å². The van der Waals surface area contributed by atoms with E-state index < -0.39 is 18.2 Å². The fraction of sp³-hybridized carbons (Fsp3) is 0.257. The summed E-state index contributed by atoms with van der Waals surface area (Å²) in [5.41, 5.74) is 10.1. The third-order valence-corrected chi connectivity index (χ3v) is 10.2. The van der Waals surface area contributed by atoms with E-state index in [4.69, 9.17) is 33.7 Å². The number of nitrogens with one attached hydrogen (secondary N) is 1. The van der Waals surface area contributed by atoms with Crippen molar-refractivity contribution in [3.8, 4) is 17.6 Å². The topological polar surface area (TPSA) is 124 Å². The van der Waals surface area contributed by atoms with E-state index in [1.54, 1.807) is 34.2 Å². The van der Waals surface area contributed by atoms with Crippen molar-refractivity contribution in [1.82, 2.24) is 30.1 Å². The van der Waals surface area contributed by atoms with Crippen LogP contribution in [0.3, 0.4) is 0 Å². The number of carbonyl (C=O) groups excluding carboxylic acids is 3. The number of aromatic nitrogens is 1. The molecule has 1 aromatic heterocycles. The molecule has 3 N–H and O–H groups in total. The zero-order chi connectivity index (χ0) is 34.2. The van der Waals surface area contributed by atoms with E-state index in [1.807, 2.05) is 36.4 Å². The summed E-state index contributed by atoms with van der Waals surface area (Å²) in [6.45, 7) is 4.95. The second-order valence-corrected chi connectivity index (χ2v) is 13.7. The molecule has 3 aliphatic heterocycles. The molecule has 0 saturated carbocycles. The Bertz CT molecular complexity index is 2060. The van der Waals surface area contributed by atoms with Gasteiger partial charge in [0.25, 0.3) is 5.91 Å². The van der Waals surface area contributed by atoms with E-state index in [1.165, 1.54) is 21.2 Å². The summed E-state index contributed by atoms with van der Waals surface area (Å²) < 4.78 is 6.54. The van der Waals surface area contributed by atoms with Crippen LogP contribution in [0.4, 0.5) is 9.93 Å². The van der Waals surface area contributed by atoms with Gasteiger partial charge < -0.3 is 20.7 Å². The summed E-state index contributed by atoms with van der Waals surface area (Å²) in [6.07, 6.45) is 1.68. The molecule has 49 heavy (non-hydrogen) atoms. The number of piperazine rings is 1. The van der Waals surface area contributed by atoms with E-state index in [0.29, 0.717) is 27.3 Å². The number of hydrogen-bond donors (Lipinski definition) is 2. The largest absolute Gasteiger partial charge is 0.493 e. The van der Waals surface area contributed by atoms with Crippen LogP contribution >= 0.6 is 34.5 Å². The Morgan fingerprint density at radius 2 is 2.04 bits per heavy atom. The van der Waals surface area contributed by atoms with Gasteiger partial charge in [0, 0.05) is 25.1 Å². The number of thiazole rings is 1. The quantitative estimate of drug-likeness (QED) is 0.211. The minimum Gasteiger partial charge on any atom is -0.493 e. The van der Waals surface area contributed by atoms with Crippen molar-refractivity contribution in [2.45, 2.75) is 31.7 Å². The van der Waals surface area contributed by atoms with Gasteiger partial charge in [0.1, 0.15) is 11.9 Å². The van der Waals surface area contributed by atoms with Crippen LogP contribution in [0.15, 0.2) is 67.3 Å². The van der Waals surface area contributed by atoms with Gasteiger partial charge in [-0.3, -0.25) is 19.5 Å². The summed E-state index contributed by atoms with van der Waals surface area (Å²) in [4.78, 5) is 49.4. The number of urea groups is 1. The molecule has 4 amide bonds. The van der Waals surface area contributed by atoms with Crippen molar-refractivity contribution < 1.29 is 19.1 Å². The first-order valence-corrected chi connectivity index (χ1v) is 17.1. The van der Waals surface area contributed by atoms with Gasteiger partial charge in [-0.1, -0.05) is 70.7 Å². The van der Waals surface area contributed by atoms with E-state index >= 15 is 0 Å². The molecule has 2 saturated heterocycles. The number of nitrogens with two attached hydrogens (primary N) is 1. The second kappa shape index (κ2) is 13.6. The SMILES string of the molecule is C=CCN(C(=O)NCc1ccc(Cl)c(Cl)c1)N1CC(=O)N2[C@@H](C#Cc3ccc4c(c3)CCO4)C(=O)N(Cc3cccc4sc(N)nc34)C[C@@H]21. The number of benzene rings is 3. The lowest BCUT2D eigenvalue weighted by atomic mass is 10.1. The Morgan fingerprint density at radius 3 is 2.86 bits per heavy atom. The van der Waals surface area contributed by atoms with Gasteiger partial charge in [0.2, 0.25) is 5.91 Å². The molecule has 2 atom stereocenters. The van der Waals surface area contributed by atoms with Gasteiger partial charge >= 0.3 is 6.03 Å². The van der Waals surface area contributed by atoms with Crippen molar-refractivity contribution in [3.05, 3.63) is 99.6 Å². The first kappa shape index (κ1) is 32.7. The van der Waals surface area contributed by atoms with Gasteiger partial charge in [-0.05, 0) is 53.1 Å². The number of ether oxygens (including phenoxy) is 1. The van der Waals surface area contributed by atoms with Crippen LogP contribution in [-0.4, -0.2) is 81.1 Å². The molecule has 0 bridgehead atoms. The van der Waals surface area contributed by atoms with Crippen LogP contribution in [0.2, 0.25) is 10.0 Å². The van der Waals surface area contributed by atoms with Crippen molar-refractivity contribution in [3.63, 3.8) is 0 Å². The Morgan fingerprint density at radius 1 is 1.18 bits per heavy atom. The molecule has 2 fully saturated rings. The van der Waals surface area contributed by atoms with Crippen molar-refractivity contribution in [2.75, 3.05) is 32.0 Å². The van der Waals surface area contributed by atoms with Gasteiger partial charge in [-0.2, -0.15) is 5.01 Å². The standard InChI is InChI=1S/C35H31Cl2N7O4S/c1-2-13-42(35(47)39-17-22-6-9-25(36)26(37)16-22)43-20-31(45)44-27(10-7-21-8-11-28-23(15-21)12-14-48-28)33(46)41(19-30(43)44)18-24-4-3-5-29-32(24)40-34(38)49-29/h2-6,8-9,11,15-16,27,30H,1,12-14,17-20H2,(H2,38,40)(H,39,47)/t27-,30+/m0/s1. The number of anilines is 1. The van der Waals surface area contributed by atoms with Gasteiger partial charge in [-0.15, -0.1) is 6.58 Å². The molecular weight excluding hydrogens is 685 g/mol. The molecule has 0 radical (unpaired) electrons. The summed E-state index contributed by atoms with van der Waals surface area (Å²) in [6, 6.07) is 15.0. The van der Waals surface area contributed by atoms with Crippen LogP contribution in [0.25, 0.3) is 10.2 Å².